The van der Waals surface area contributed by atoms with E-state index in [1.54, 1.807) is 5.38 Å². The van der Waals surface area contributed by atoms with Crippen LogP contribution in [0.25, 0.3) is 0 Å². The van der Waals surface area contributed by atoms with Crippen molar-refractivity contribution < 1.29 is 9.59 Å². The molecule has 0 aliphatic carbocycles. The van der Waals surface area contributed by atoms with Gasteiger partial charge in [0, 0.05) is 18.2 Å². The number of aromatic amines is 1. The molecule has 2 N–H and O–H groups in total. The summed E-state index contributed by atoms with van der Waals surface area (Å²) in [6.45, 7) is 5.31. The molecule has 8 heteroatoms. The molecule has 0 fully saturated rings. The van der Waals surface area contributed by atoms with E-state index in [9.17, 15) is 9.59 Å². The Bertz CT molecular complexity index is 616. The molecule has 1 amide bonds. The molecule has 0 saturated carbocycles. The van der Waals surface area contributed by atoms with Crippen LogP contribution >= 0.6 is 11.3 Å². The van der Waals surface area contributed by atoms with E-state index >= 15 is 0 Å². The van der Waals surface area contributed by atoms with E-state index in [2.05, 4.69) is 25.5 Å². The molecule has 0 unspecified atom stereocenters. The van der Waals surface area contributed by atoms with Gasteiger partial charge in [0.2, 0.25) is 5.82 Å². The molecule has 0 atom stereocenters. The zero-order valence-corrected chi connectivity index (χ0v) is 11.5. The first-order valence-corrected chi connectivity index (χ1v) is 6.55. The Morgan fingerprint density at radius 3 is 2.63 bits per heavy atom. The minimum absolute atomic E-state index is 0.0586. The number of ketones is 1. The van der Waals surface area contributed by atoms with Gasteiger partial charge in [0.25, 0.3) is 5.91 Å². The minimum Gasteiger partial charge on any atom is -0.295 e. The van der Waals surface area contributed by atoms with Crippen molar-refractivity contribution in [1.82, 2.24) is 20.2 Å². The van der Waals surface area contributed by atoms with Crippen LogP contribution in [0.5, 0.6) is 0 Å². The van der Waals surface area contributed by atoms with E-state index < -0.39 is 5.91 Å². The normalized spacial score (nSPS) is 10.7. The van der Waals surface area contributed by atoms with Crippen LogP contribution in [0.4, 0.5) is 5.13 Å². The van der Waals surface area contributed by atoms with Crippen LogP contribution < -0.4 is 5.32 Å². The Hall–Kier alpha value is -2.09. The quantitative estimate of drug-likeness (QED) is 0.832. The lowest BCUT2D eigenvalue weighted by Gasteiger charge is -1.97. The first-order valence-electron chi connectivity index (χ1n) is 5.67. The predicted octanol–water partition coefficient (Wildman–Crippen LogP) is 1.84. The monoisotopic (exact) mass is 279 g/mol. The summed E-state index contributed by atoms with van der Waals surface area (Å²) in [5, 5.41) is 11.0. The maximum Gasteiger partial charge on any atom is 0.297 e. The summed E-state index contributed by atoms with van der Waals surface area (Å²) in [7, 11) is 0. The molecule has 0 bridgehead atoms. The first kappa shape index (κ1) is 13.3. The van der Waals surface area contributed by atoms with Gasteiger partial charge in [-0.05, 0) is 0 Å². The van der Waals surface area contributed by atoms with Crippen LogP contribution in [0.15, 0.2) is 5.38 Å². The predicted molar refractivity (Wildman–Crippen MR) is 70.5 cm³/mol. The lowest BCUT2D eigenvalue weighted by atomic mass is 10.2. The summed E-state index contributed by atoms with van der Waals surface area (Å²) >= 11 is 1.18. The lowest BCUT2D eigenvalue weighted by molar-refractivity contribution is 0.1000. The molecule has 0 aliphatic rings. The topological polar surface area (TPSA) is 101 Å². The molecule has 0 aromatic carbocycles. The number of anilines is 1. The maximum absolute atomic E-state index is 11.9. The fraction of sp³-hybridized carbons (Fsp3) is 0.364. The summed E-state index contributed by atoms with van der Waals surface area (Å²) in [5.41, 5.74) is 0.332. The van der Waals surface area contributed by atoms with Crippen molar-refractivity contribution in [3.05, 3.63) is 22.7 Å². The zero-order chi connectivity index (χ0) is 14.0. The Kier molecular flexibility index (Phi) is 3.70. The molecular formula is C11H13N5O2S. The SMILES string of the molecule is CC(=O)c1csc(NC(=O)c2n[nH]c(C(C)C)n2)n1. The number of amides is 1. The Balaban J connectivity index is 2.09. The van der Waals surface area contributed by atoms with Crippen LogP contribution in [0, 0.1) is 0 Å². The summed E-state index contributed by atoms with van der Waals surface area (Å²) < 4.78 is 0. The smallest absolute Gasteiger partial charge is 0.295 e. The molecule has 7 nitrogen and oxygen atoms in total. The number of aromatic nitrogens is 4. The second-order valence-electron chi connectivity index (χ2n) is 4.25. The summed E-state index contributed by atoms with van der Waals surface area (Å²) in [6.07, 6.45) is 0. The van der Waals surface area contributed by atoms with Gasteiger partial charge in [-0.15, -0.1) is 16.4 Å². The second kappa shape index (κ2) is 5.27. The Morgan fingerprint density at radius 1 is 1.37 bits per heavy atom. The van der Waals surface area contributed by atoms with Crippen molar-refractivity contribution in [2.45, 2.75) is 26.7 Å². The minimum atomic E-state index is -0.451. The molecule has 0 radical (unpaired) electrons. The number of hydrogen-bond acceptors (Lipinski definition) is 6. The third-order valence-corrected chi connectivity index (χ3v) is 3.10. The van der Waals surface area contributed by atoms with E-state index in [-0.39, 0.29) is 17.5 Å². The highest BCUT2D eigenvalue weighted by atomic mass is 32.1. The number of hydrogen-bond donors (Lipinski definition) is 2. The highest BCUT2D eigenvalue weighted by Gasteiger charge is 2.16. The summed E-state index contributed by atoms with van der Waals surface area (Å²) in [5.74, 6) is 0.277. The van der Waals surface area contributed by atoms with Gasteiger partial charge in [-0.25, -0.2) is 9.97 Å². The zero-order valence-electron chi connectivity index (χ0n) is 10.7. The van der Waals surface area contributed by atoms with Crippen molar-refractivity contribution in [2.24, 2.45) is 0 Å². The molecule has 0 spiro atoms. The average Bonchev–Trinajstić information content (AvgIpc) is 2.96. The van der Waals surface area contributed by atoms with Crippen molar-refractivity contribution in [1.29, 1.82) is 0 Å². The first-order chi connectivity index (χ1) is 8.97. The van der Waals surface area contributed by atoms with E-state index in [1.165, 1.54) is 18.3 Å². The second-order valence-corrected chi connectivity index (χ2v) is 5.11. The van der Waals surface area contributed by atoms with Crippen molar-refractivity contribution >= 4 is 28.2 Å². The molecule has 2 rings (SSSR count). The maximum atomic E-state index is 11.9. The van der Waals surface area contributed by atoms with Crippen LogP contribution in [0.2, 0.25) is 0 Å². The molecule has 2 aromatic rings. The van der Waals surface area contributed by atoms with E-state index in [4.69, 9.17) is 0 Å². The van der Waals surface area contributed by atoms with Gasteiger partial charge >= 0.3 is 0 Å². The molecule has 19 heavy (non-hydrogen) atoms. The highest BCUT2D eigenvalue weighted by Crippen LogP contribution is 2.16. The van der Waals surface area contributed by atoms with Gasteiger partial charge in [-0.3, -0.25) is 20.0 Å². The van der Waals surface area contributed by atoms with E-state index in [1.807, 2.05) is 13.8 Å². The number of H-pyrrole nitrogens is 1. The summed E-state index contributed by atoms with van der Waals surface area (Å²) in [6, 6.07) is 0. The fourth-order valence-electron chi connectivity index (χ4n) is 1.28. The van der Waals surface area contributed by atoms with Gasteiger partial charge in [0.05, 0.1) is 0 Å². The molecule has 0 saturated heterocycles. The number of rotatable bonds is 4. The van der Waals surface area contributed by atoms with Gasteiger partial charge in [-0.2, -0.15) is 0 Å². The van der Waals surface area contributed by atoms with Crippen LogP contribution in [0.1, 0.15) is 53.6 Å². The van der Waals surface area contributed by atoms with Gasteiger partial charge in [0.1, 0.15) is 11.5 Å². The standard InChI is InChI=1S/C11H13N5O2S/c1-5(2)8-13-9(16-15-8)10(18)14-11-12-7(4-19-11)6(3)17/h4-5H,1-3H3,(H,12,14,18)(H,13,15,16). The molecule has 2 aromatic heterocycles. The number of nitrogens with one attached hydrogen (secondary N) is 2. The number of Topliss-reactive ketones (excluding diaryl/α,β-unsaturated/α-hetero) is 1. The largest absolute Gasteiger partial charge is 0.297 e. The number of nitrogens with zero attached hydrogens (tertiary/aromatic N) is 3. The number of carbonyl (C=O) groups excluding carboxylic acids is 2. The van der Waals surface area contributed by atoms with Crippen molar-refractivity contribution in [2.75, 3.05) is 5.32 Å². The highest BCUT2D eigenvalue weighted by molar-refractivity contribution is 7.14. The fourth-order valence-corrected chi connectivity index (χ4v) is 2.02. The third-order valence-electron chi connectivity index (χ3n) is 2.34. The van der Waals surface area contributed by atoms with Crippen LogP contribution in [-0.2, 0) is 0 Å². The number of thiazole rings is 1. The Morgan fingerprint density at radius 2 is 2.11 bits per heavy atom. The van der Waals surface area contributed by atoms with Crippen molar-refractivity contribution in [3.8, 4) is 0 Å². The van der Waals surface area contributed by atoms with Gasteiger partial charge in [0.15, 0.2) is 10.9 Å². The van der Waals surface area contributed by atoms with Crippen LogP contribution in [-0.4, -0.2) is 31.9 Å². The van der Waals surface area contributed by atoms with Gasteiger partial charge < -0.3 is 0 Å². The Labute approximate surface area is 113 Å². The third kappa shape index (κ3) is 3.02. The van der Waals surface area contributed by atoms with E-state index in [0.29, 0.717) is 16.6 Å². The lowest BCUT2D eigenvalue weighted by Crippen LogP contribution is -2.14. The van der Waals surface area contributed by atoms with Gasteiger partial charge in [-0.1, -0.05) is 13.8 Å². The summed E-state index contributed by atoms with van der Waals surface area (Å²) in [4.78, 5) is 31.0. The molecular weight excluding hydrogens is 266 g/mol. The van der Waals surface area contributed by atoms with Crippen molar-refractivity contribution in [3.63, 3.8) is 0 Å². The molecule has 0 aliphatic heterocycles. The molecule has 100 valence electrons. The number of carbonyl (C=O) groups is 2. The molecule has 2 heterocycles. The average molecular weight is 279 g/mol. The van der Waals surface area contributed by atoms with E-state index in [0.717, 1.165) is 0 Å². The van der Waals surface area contributed by atoms with Crippen LogP contribution in [0.3, 0.4) is 0 Å².